The Morgan fingerprint density at radius 2 is 2.20 bits per heavy atom. The number of rotatable bonds is 5. The molecule has 7 heteroatoms. The number of halogens is 1. The number of pyridine rings is 1. The largest absolute Gasteiger partial charge is 0.495 e. The molecule has 3 aromatic rings. The van der Waals surface area contributed by atoms with Gasteiger partial charge in [0.25, 0.3) is 0 Å². The number of carbonyl (C=O) groups is 1. The van der Waals surface area contributed by atoms with E-state index < -0.39 is 5.97 Å². The number of ether oxygens (including phenoxy) is 2. The molecule has 25 heavy (non-hydrogen) atoms. The SMILES string of the molecule is CCOC(=O)c1oc2cnccc2c1Nc1cc(C)c(Cl)cc1OC. The maximum atomic E-state index is 12.3. The number of benzene rings is 1. The van der Waals surface area contributed by atoms with Crippen LogP contribution in [0.4, 0.5) is 11.4 Å². The molecule has 0 fully saturated rings. The van der Waals surface area contributed by atoms with Crippen molar-refractivity contribution < 1.29 is 18.7 Å². The molecule has 0 aliphatic rings. The maximum absolute atomic E-state index is 12.3. The predicted octanol–water partition coefficient (Wildman–Crippen LogP) is 4.72. The summed E-state index contributed by atoms with van der Waals surface area (Å²) in [4.78, 5) is 16.3. The van der Waals surface area contributed by atoms with E-state index in [0.717, 1.165) is 5.56 Å². The monoisotopic (exact) mass is 360 g/mol. The smallest absolute Gasteiger partial charge is 0.376 e. The van der Waals surface area contributed by atoms with E-state index in [2.05, 4.69) is 10.3 Å². The summed E-state index contributed by atoms with van der Waals surface area (Å²) >= 11 is 6.16. The number of nitrogens with one attached hydrogen (secondary N) is 1. The number of carbonyl (C=O) groups excluding carboxylic acids is 1. The van der Waals surface area contributed by atoms with Gasteiger partial charge in [-0.05, 0) is 31.5 Å². The number of aryl methyl sites for hydroxylation is 1. The maximum Gasteiger partial charge on any atom is 0.376 e. The average molecular weight is 361 g/mol. The van der Waals surface area contributed by atoms with Gasteiger partial charge in [0.05, 0.1) is 25.6 Å². The quantitative estimate of drug-likeness (QED) is 0.664. The molecule has 0 bridgehead atoms. The fourth-order valence-corrected chi connectivity index (χ4v) is 2.63. The second-order valence-corrected chi connectivity index (χ2v) is 5.73. The van der Waals surface area contributed by atoms with Crippen molar-refractivity contribution in [1.82, 2.24) is 4.98 Å². The second kappa shape index (κ2) is 7.03. The van der Waals surface area contributed by atoms with Crippen molar-refractivity contribution in [3.8, 4) is 5.75 Å². The Hall–Kier alpha value is -2.73. The number of nitrogens with zero attached hydrogens (tertiary/aromatic N) is 1. The Balaban J connectivity index is 2.14. The summed E-state index contributed by atoms with van der Waals surface area (Å²) in [6.07, 6.45) is 3.18. The summed E-state index contributed by atoms with van der Waals surface area (Å²) in [5, 5.41) is 4.52. The van der Waals surface area contributed by atoms with Crippen LogP contribution in [0.25, 0.3) is 11.0 Å². The molecule has 130 valence electrons. The van der Waals surface area contributed by atoms with Crippen molar-refractivity contribution >= 4 is 39.9 Å². The second-order valence-electron chi connectivity index (χ2n) is 5.33. The van der Waals surface area contributed by atoms with Gasteiger partial charge in [0.1, 0.15) is 11.4 Å². The summed E-state index contributed by atoms with van der Waals surface area (Å²) in [6, 6.07) is 5.32. The molecule has 2 aromatic heterocycles. The van der Waals surface area contributed by atoms with E-state index >= 15 is 0 Å². The highest BCUT2D eigenvalue weighted by Gasteiger charge is 2.23. The molecule has 0 amide bonds. The molecule has 0 aliphatic heterocycles. The van der Waals surface area contributed by atoms with Crippen LogP contribution in [0.5, 0.6) is 5.75 Å². The van der Waals surface area contributed by atoms with Crippen molar-refractivity contribution in [2.24, 2.45) is 0 Å². The summed E-state index contributed by atoms with van der Waals surface area (Å²) < 4.78 is 16.1. The van der Waals surface area contributed by atoms with Gasteiger partial charge in [-0.1, -0.05) is 11.6 Å². The van der Waals surface area contributed by atoms with Crippen LogP contribution in [-0.2, 0) is 4.74 Å². The van der Waals surface area contributed by atoms with Crippen LogP contribution in [0, 0.1) is 6.92 Å². The molecule has 3 rings (SSSR count). The van der Waals surface area contributed by atoms with Crippen LogP contribution < -0.4 is 10.1 Å². The number of methoxy groups -OCH3 is 1. The number of hydrogen-bond acceptors (Lipinski definition) is 6. The number of esters is 1. The average Bonchev–Trinajstić information content (AvgIpc) is 2.97. The van der Waals surface area contributed by atoms with Crippen molar-refractivity contribution in [2.75, 3.05) is 19.0 Å². The van der Waals surface area contributed by atoms with Gasteiger partial charge in [-0.25, -0.2) is 4.79 Å². The normalized spacial score (nSPS) is 10.7. The lowest BCUT2D eigenvalue weighted by atomic mass is 10.2. The first-order valence-electron chi connectivity index (χ1n) is 7.70. The van der Waals surface area contributed by atoms with E-state index in [0.29, 0.717) is 33.1 Å². The summed E-state index contributed by atoms with van der Waals surface area (Å²) in [6.45, 7) is 3.87. The van der Waals surface area contributed by atoms with Gasteiger partial charge in [0.15, 0.2) is 5.58 Å². The van der Waals surface area contributed by atoms with Gasteiger partial charge in [0, 0.05) is 22.7 Å². The fourth-order valence-electron chi connectivity index (χ4n) is 2.48. The zero-order valence-corrected chi connectivity index (χ0v) is 14.8. The minimum atomic E-state index is -0.550. The fraction of sp³-hybridized carbons (Fsp3) is 0.222. The van der Waals surface area contributed by atoms with E-state index in [9.17, 15) is 4.79 Å². The molecule has 0 atom stereocenters. The summed E-state index contributed by atoms with van der Waals surface area (Å²) in [7, 11) is 1.55. The Bertz CT molecular complexity index is 936. The Morgan fingerprint density at radius 1 is 1.40 bits per heavy atom. The molecule has 0 unspecified atom stereocenters. The third kappa shape index (κ3) is 3.25. The molecule has 0 saturated carbocycles. The lowest BCUT2D eigenvalue weighted by Crippen LogP contribution is -2.06. The Morgan fingerprint density at radius 3 is 2.92 bits per heavy atom. The Kier molecular flexibility index (Phi) is 4.81. The van der Waals surface area contributed by atoms with E-state index in [-0.39, 0.29) is 12.4 Å². The van der Waals surface area contributed by atoms with E-state index in [1.807, 2.05) is 13.0 Å². The molecule has 0 radical (unpaired) electrons. The zero-order valence-electron chi connectivity index (χ0n) is 14.1. The minimum Gasteiger partial charge on any atom is -0.495 e. The van der Waals surface area contributed by atoms with Crippen molar-refractivity contribution in [3.63, 3.8) is 0 Å². The van der Waals surface area contributed by atoms with Crippen molar-refractivity contribution in [3.05, 3.63) is 46.9 Å². The Labute approximate surface area is 149 Å². The van der Waals surface area contributed by atoms with Crippen molar-refractivity contribution in [2.45, 2.75) is 13.8 Å². The van der Waals surface area contributed by atoms with Crippen molar-refractivity contribution in [1.29, 1.82) is 0 Å². The molecule has 6 nitrogen and oxygen atoms in total. The van der Waals surface area contributed by atoms with Crippen LogP contribution in [0.15, 0.2) is 35.0 Å². The lowest BCUT2D eigenvalue weighted by molar-refractivity contribution is 0.0494. The molecule has 1 N–H and O–H groups in total. The van der Waals surface area contributed by atoms with Crippen LogP contribution in [0.3, 0.4) is 0 Å². The number of hydrogen-bond donors (Lipinski definition) is 1. The molecular formula is C18H17ClN2O4. The van der Waals surface area contributed by atoms with E-state index in [1.54, 1.807) is 38.6 Å². The molecular weight excluding hydrogens is 344 g/mol. The third-order valence-corrected chi connectivity index (χ3v) is 4.10. The number of aromatic nitrogens is 1. The minimum absolute atomic E-state index is 0.0829. The molecule has 2 heterocycles. The standard InChI is InChI=1S/C18H17ClN2O4/c1-4-24-18(22)17-16(11-5-6-20-9-15(11)25-17)21-13-7-10(2)12(19)8-14(13)23-3/h5-9,21H,4H2,1-3H3. The topological polar surface area (TPSA) is 73.6 Å². The first kappa shape index (κ1) is 17.1. The molecule has 0 aliphatic carbocycles. The number of fused-ring (bicyclic) bond motifs is 1. The molecule has 0 spiro atoms. The number of furan rings is 1. The highest BCUT2D eigenvalue weighted by atomic mass is 35.5. The number of anilines is 2. The van der Waals surface area contributed by atoms with E-state index in [4.69, 9.17) is 25.5 Å². The summed E-state index contributed by atoms with van der Waals surface area (Å²) in [5.74, 6) is 0.0826. The summed E-state index contributed by atoms with van der Waals surface area (Å²) in [5.41, 5.74) is 2.51. The highest BCUT2D eigenvalue weighted by molar-refractivity contribution is 6.31. The molecule has 0 saturated heterocycles. The van der Waals surface area contributed by atoms with Gasteiger partial charge >= 0.3 is 5.97 Å². The van der Waals surface area contributed by atoms with Gasteiger partial charge in [-0.2, -0.15) is 0 Å². The highest BCUT2D eigenvalue weighted by Crippen LogP contribution is 2.38. The van der Waals surface area contributed by atoms with Gasteiger partial charge in [-0.3, -0.25) is 4.98 Å². The van der Waals surface area contributed by atoms with Gasteiger partial charge < -0.3 is 19.2 Å². The lowest BCUT2D eigenvalue weighted by Gasteiger charge is -2.13. The molecule has 1 aromatic carbocycles. The van der Waals surface area contributed by atoms with Gasteiger partial charge in [-0.15, -0.1) is 0 Å². The van der Waals surface area contributed by atoms with E-state index in [1.165, 1.54) is 0 Å². The van der Waals surface area contributed by atoms with Crippen LogP contribution in [0.2, 0.25) is 5.02 Å². The van der Waals surface area contributed by atoms with Crippen LogP contribution in [-0.4, -0.2) is 24.7 Å². The predicted molar refractivity (Wildman–Crippen MR) is 96.0 cm³/mol. The van der Waals surface area contributed by atoms with Gasteiger partial charge in [0.2, 0.25) is 5.76 Å². The zero-order chi connectivity index (χ0) is 18.0. The first-order chi connectivity index (χ1) is 12.0. The van der Waals surface area contributed by atoms with Crippen LogP contribution in [0.1, 0.15) is 23.0 Å². The van der Waals surface area contributed by atoms with Crippen LogP contribution >= 0.6 is 11.6 Å². The third-order valence-electron chi connectivity index (χ3n) is 3.69. The first-order valence-corrected chi connectivity index (χ1v) is 8.07.